The number of nitrogens with zero attached hydrogens (tertiary/aromatic N) is 3. The molecule has 0 spiro atoms. The second-order valence-electron chi connectivity index (χ2n) is 7.75. The molecule has 4 rings (SSSR count). The fourth-order valence-corrected chi connectivity index (χ4v) is 4.55. The molecule has 0 amide bonds. The van der Waals surface area contributed by atoms with Crippen LogP contribution in [0.25, 0.3) is 0 Å². The summed E-state index contributed by atoms with van der Waals surface area (Å²) in [4.78, 5) is 17.7. The number of rotatable bonds is 9. The van der Waals surface area contributed by atoms with E-state index >= 15 is 0 Å². The van der Waals surface area contributed by atoms with Gasteiger partial charge in [0.15, 0.2) is 0 Å². The normalized spacial score (nSPS) is 15.0. The zero-order valence-electron chi connectivity index (χ0n) is 19.4. The molecule has 2 aromatic carbocycles. The lowest BCUT2D eigenvalue weighted by molar-refractivity contribution is -0.139. The van der Waals surface area contributed by atoms with E-state index < -0.39 is 12.0 Å². The van der Waals surface area contributed by atoms with E-state index in [9.17, 15) is 9.18 Å². The number of hydrogen-bond acceptors (Lipinski definition) is 7. The molecular formula is C25H27FN4O3S. The van der Waals surface area contributed by atoms with Crippen LogP contribution in [0.4, 0.5) is 10.3 Å². The number of anilines is 1. The zero-order valence-corrected chi connectivity index (χ0v) is 20.2. The molecule has 0 saturated heterocycles. The predicted molar refractivity (Wildman–Crippen MR) is 129 cm³/mol. The first kappa shape index (κ1) is 23.8. The van der Waals surface area contributed by atoms with Crippen molar-refractivity contribution in [3.8, 4) is 5.75 Å². The highest BCUT2D eigenvalue weighted by molar-refractivity contribution is 7.98. The molecule has 0 fully saturated rings. The number of allylic oxidation sites excluding steroid dienone is 1. The second kappa shape index (κ2) is 10.7. The van der Waals surface area contributed by atoms with E-state index in [-0.39, 0.29) is 5.82 Å². The van der Waals surface area contributed by atoms with Crippen molar-refractivity contribution >= 4 is 23.7 Å². The molecule has 1 aromatic heterocycles. The number of carbonyl (C=O) groups excluding carboxylic acids is 1. The average Bonchev–Trinajstić information content (AvgIpc) is 3.23. The Morgan fingerprint density at radius 1 is 1.21 bits per heavy atom. The van der Waals surface area contributed by atoms with Crippen molar-refractivity contribution in [1.82, 2.24) is 14.8 Å². The van der Waals surface area contributed by atoms with Crippen LogP contribution in [0.3, 0.4) is 0 Å². The summed E-state index contributed by atoms with van der Waals surface area (Å²) in [5.74, 6) is 0.931. The molecule has 7 nitrogen and oxygen atoms in total. The second-order valence-corrected chi connectivity index (χ2v) is 8.69. The van der Waals surface area contributed by atoms with Crippen molar-refractivity contribution in [2.45, 2.75) is 44.1 Å². The number of aromatic nitrogens is 3. The van der Waals surface area contributed by atoms with Gasteiger partial charge in [-0.1, -0.05) is 49.0 Å². The third kappa shape index (κ3) is 5.09. The van der Waals surface area contributed by atoms with Crippen LogP contribution < -0.4 is 10.1 Å². The largest absolute Gasteiger partial charge is 0.494 e. The Balaban J connectivity index is 1.70. The van der Waals surface area contributed by atoms with Crippen LogP contribution in [-0.2, 0) is 15.3 Å². The fourth-order valence-electron chi connectivity index (χ4n) is 3.74. The summed E-state index contributed by atoms with van der Waals surface area (Å²) in [5.41, 5.74) is 2.52. The molecule has 0 bridgehead atoms. The number of carbonyl (C=O) groups is 1. The minimum absolute atomic E-state index is 0.263. The van der Waals surface area contributed by atoms with Gasteiger partial charge in [-0.2, -0.15) is 4.98 Å². The van der Waals surface area contributed by atoms with Gasteiger partial charge in [0, 0.05) is 11.4 Å². The van der Waals surface area contributed by atoms with Gasteiger partial charge in [-0.25, -0.2) is 13.9 Å². The molecule has 9 heteroatoms. The molecule has 1 atom stereocenters. The SMILES string of the molecule is CCCOC(=O)C1=C(C)Nc2nc(SCc3ccccc3F)nn2C1c1cccc(OCC)c1. The van der Waals surface area contributed by atoms with Crippen LogP contribution in [0.5, 0.6) is 5.75 Å². The minimum Gasteiger partial charge on any atom is -0.494 e. The predicted octanol–water partition coefficient (Wildman–Crippen LogP) is 5.35. The Labute approximate surface area is 202 Å². The molecule has 0 saturated carbocycles. The van der Waals surface area contributed by atoms with Crippen LogP contribution >= 0.6 is 11.8 Å². The zero-order chi connectivity index (χ0) is 24.1. The number of esters is 1. The molecule has 2 heterocycles. The van der Waals surface area contributed by atoms with Crippen LogP contribution in [0, 0.1) is 5.82 Å². The molecule has 1 aliphatic rings. The van der Waals surface area contributed by atoms with Crippen molar-refractivity contribution in [3.05, 3.63) is 76.7 Å². The number of halogens is 1. The van der Waals surface area contributed by atoms with E-state index in [1.807, 2.05) is 45.0 Å². The van der Waals surface area contributed by atoms with Gasteiger partial charge in [-0.05, 0) is 49.6 Å². The lowest BCUT2D eigenvalue weighted by atomic mass is 9.95. The summed E-state index contributed by atoms with van der Waals surface area (Å²) in [6, 6.07) is 13.7. The van der Waals surface area contributed by atoms with Gasteiger partial charge in [0.1, 0.15) is 17.6 Å². The number of ether oxygens (including phenoxy) is 2. The van der Waals surface area contributed by atoms with Crippen LogP contribution in [0.2, 0.25) is 0 Å². The number of thioether (sulfide) groups is 1. The lowest BCUT2D eigenvalue weighted by Crippen LogP contribution is -2.29. The summed E-state index contributed by atoms with van der Waals surface area (Å²) in [7, 11) is 0. The van der Waals surface area contributed by atoms with Crippen molar-refractivity contribution < 1.29 is 18.7 Å². The summed E-state index contributed by atoms with van der Waals surface area (Å²) in [6.07, 6.45) is 0.724. The van der Waals surface area contributed by atoms with Gasteiger partial charge in [0.05, 0.1) is 18.8 Å². The molecular weight excluding hydrogens is 455 g/mol. The quantitative estimate of drug-likeness (QED) is 0.325. The lowest BCUT2D eigenvalue weighted by Gasteiger charge is -2.28. The standard InChI is InChI=1S/C25H27FN4O3S/c1-4-13-33-23(31)21-16(3)27-24-28-25(34-15-18-9-6-7-12-20(18)26)29-30(24)22(21)17-10-8-11-19(14-17)32-5-2/h6-12,14,22H,4-5,13,15H2,1-3H3,(H,27,28,29). The Hall–Kier alpha value is -3.33. The summed E-state index contributed by atoms with van der Waals surface area (Å²) >= 11 is 1.33. The Morgan fingerprint density at radius 2 is 2.03 bits per heavy atom. The van der Waals surface area contributed by atoms with E-state index in [2.05, 4.69) is 15.4 Å². The first-order valence-electron chi connectivity index (χ1n) is 11.2. The number of nitrogens with one attached hydrogen (secondary N) is 1. The molecule has 1 N–H and O–H groups in total. The molecule has 178 valence electrons. The van der Waals surface area contributed by atoms with Gasteiger partial charge in [0.2, 0.25) is 11.1 Å². The van der Waals surface area contributed by atoms with Crippen molar-refractivity contribution in [2.75, 3.05) is 18.5 Å². The minimum atomic E-state index is -0.545. The Kier molecular flexibility index (Phi) is 7.52. The molecule has 0 radical (unpaired) electrons. The van der Waals surface area contributed by atoms with Crippen molar-refractivity contribution in [3.63, 3.8) is 0 Å². The molecule has 34 heavy (non-hydrogen) atoms. The number of hydrogen-bond donors (Lipinski definition) is 1. The van der Waals surface area contributed by atoms with Gasteiger partial charge < -0.3 is 14.8 Å². The maximum Gasteiger partial charge on any atom is 0.338 e. The smallest absolute Gasteiger partial charge is 0.338 e. The summed E-state index contributed by atoms with van der Waals surface area (Å²) < 4.78 is 26.9. The molecule has 1 aliphatic heterocycles. The van der Waals surface area contributed by atoms with E-state index in [4.69, 9.17) is 9.47 Å². The molecule has 3 aromatic rings. The maximum atomic E-state index is 14.1. The number of fused-ring (bicyclic) bond motifs is 1. The van der Waals surface area contributed by atoms with Gasteiger partial charge in [-0.3, -0.25) is 0 Å². The highest BCUT2D eigenvalue weighted by Crippen LogP contribution is 2.38. The molecule has 0 aliphatic carbocycles. The van der Waals surface area contributed by atoms with E-state index in [0.29, 0.717) is 52.7 Å². The monoisotopic (exact) mass is 482 g/mol. The first-order valence-corrected chi connectivity index (χ1v) is 12.2. The van der Waals surface area contributed by atoms with E-state index in [0.717, 1.165) is 12.0 Å². The van der Waals surface area contributed by atoms with Crippen LogP contribution in [-0.4, -0.2) is 33.9 Å². The van der Waals surface area contributed by atoms with Crippen molar-refractivity contribution in [2.24, 2.45) is 0 Å². The van der Waals surface area contributed by atoms with Gasteiger partial charge in [0.25, 0.3) is 0 Å². The topological polar surface area (TPSA) is 78.3 Å². The van der Waals surface area contributed by atoms with E-state index in [1.54, 1.807) is 22.9 Å². The Bertz CT molecular complexity index is 1210. The van der Waals surface area contributed by atoms with Crippen molar-refractivity contribution in [1.29, 1.82) is 0 Å². The highest BCUT2D eigenvalue weighted by Gasteiger charge is 2.35. The number of benzene rings is 2. The fraction of sp³-hybridized carbons (Fsp3) is 0.320. The summed E-state index contributed by atoms with van der Waals surface area (Å²) in [5, 5.41) is 8.34. The van der Waals surface area contributed by atoms with Crippen LogP contribution in [0.1, 0.15) is 44.4 Å². The van der Waals surface area contributed by atoms with Gasteiger partial charge >= 0.3 is 5.97 Å². The molecule has 1 unspecified atom stereocenters. The maximum absolute atomic E-state index is 14.1. The van der Waals surface area contributed by atoms with Crippen LogP contribution in [0.15, 0.2) is 65.0 Å². The third-order valence-corrected chi connectivity index (χ3v) is 6.18. The average molecular weight is 483 g/mol. The first-order chi connectivity index (χ1) is 16.5. The van der Waals surface area contributed by atoms with E-state index in [1.165, 1.54) is 17.8 Å². The highest BCUT2D eigenvalue weighted by atomic mass is 32.2. The summed E-state index contributed by atoms with van der Waals surface area (Å²) in [6.45, 7) is 6.55. The Morgan fingerprint density at radius 3 is 2.79 bits per heavy atom. The van der Waals surface area contributed by atoms with Gasteiger partial charge in [-0.15, -0.1) is 5.10 Å². The third-order valence-electron chi connectivity index (χ3n) is 5.29.